The van der Waals surface area contributed by atoms with Crippen LogP contribution in [0, 0.1) is 0 Å². The molecule has 0 aliphatic heterocycles. The van der Waals surface area contributed by atoms with Gasteiger partial charge in [0.1, 0.15) is 22.9 Å². The van der Waals surface area contributed by atoms with Gasteiger partial charge in [-0.15, -0.1) is 0 Å². The van der Waals surface area contributed by atoms with Gasteiger partial charge in [0, 0.05) is 25.9 Å². The summed E-state index contributed by atoms with van der Waals surface area (Å²) in [4.78, 5) is 25.9. The minimum Gasteiger partial charge on any atom is -0.497 e. The highest BCUT2D eigenvalue weighted by molar-refractivity contribution is 5.76. The van der Waals surface area contributed by atoms with Crippen LogP contribution in [0.1, 0.15) is 62.1 Å². The van der Waals surface area contributed by atoms with Crippen molar-refractivity contribution in [2.24, 2.45) is 0 Å². The molecule has 0 radical (unpaired) electrons. The first-order valence-electron chi connectivity index (χ1n) is 14.3. The number of nitrogens with zero attached hydrogens (tertiary/aromatic N) is 1. The number of amides is 1. The predicted octanol–water partition coefficient (Wildman–Crippen LogP) is 5.76. The van der Waals surface area contributed by atoms with Crippen LogP contribution in [0.2, 0.25) is 0 Å². The summed E-state index contributed by atoms with van der Waals surface area (Å²) in [5.74, 6) is 1.68. The van der Waals surface area contributed by atoms with Crippen LogP contribution in [0.15, 0.2) is 78.9 Å². The zero-order valence-corrected chi connectivity index (χ0v) is 24.5. The quantitative estimate of drug-likeness (QED) is 0.157. The van der Waals surface area contributed by atoms with Gasteiger partial charge in [0.2, 0.25) is 5.91 Å². The highest BCUT2D eigenvalue weighted by Gasteiger charge is 2.38. The number of hydrogen-bond acceptors (Lipinski definition) is 6. The van der Waals surface area contributed by atoms with Gasteiger partial charge in [0.15, 0.2) is 0 Å². The Balaban J connectivity index is 1.84. The van der Waals surface area contributed by atoms with E-state index in [1.807, 2.05) is 78.9 Å². The van der Waals surface area contributed by atoms with E-state index in [-0.39, 0.29) is 31.4 Å². The second kappa shape index (κ2) is 16.6. The number of unbranched alkanes of at least 4 members (excludes halogenated alkanes) is 3. The molecule has 3 rings (SSSR count). The first kappa shape index (κ1) is 31.8. The molecule has 3 aromatic carbocycles. The molecule has 0 atom stereocenters. The number of ketones is 1. The lowest BCUT2D eigenvalue weighted by atomic mass is 9.80. The van der Waals surface area contributed by atoms with Crippen molar-refractivity contribution in [1.82, 2.24) is 4.90 Å². The van der Waals surface area contributed by atoms with Crippen molar-refractivity contribution in [2.75, 3.05) is 40.5 Å². The molecule has 7 heteroatoms. The number of benzene rings is 3. The summed E-state index contributed by atoms with van der Waals surface area (Å²) in [5.41, 5.74) is 1.81. The lowest BCUT2D eigenvalue weighted by Gasteiger charge is -2.37. The Morgan fingerprint density at radius 3 is 1.71 bits per heavy atom. The number of rotatable bonds is 18. The van der Waals surface area contributed by atoms with Gasteiger partial charge in [-0.25, -0.2) is 0 Å². The molecular formula is C34H43NO6. The Morgan fingerprint density at radius 1 is 0.707 bits per heavy atom. The van der Waals surface area contributed by atoms with Gasteiger partial charge in [-0.3, -0.25) is 4.79 Å². The first-order valence-corrected chi connectivity index (χ1v) is 14.3. The van der Waals surface area contributed by atoms with Gasteiger partial charge in [-0.05, 0) is 60.7 Å². The monoisotopic (exact) mass is 561 g/mol. The molecule has 0 aliphatic rings. The van der Waals surface area contributed by atoms with Gasteiger partial charge in [-0.2, -0.15) is 0 Å². The minimum absolute atomic E-state index is 0.00609. The standard InChI is InChI=1S/C34H43NO6/c1-27(37)11-7-4-5-10-14-33(38)35(23-25-36)24-26-41-34(28-12-8-6-9-13-28,29-15-19-31(39-2)20-16-29)30-17-21-32(40-3)22-18-30/h6,8-9,12-13,15-22,36H,4-5,7,10-11,14,23-26H2,1-3H3. The molecule has 1 amide bonds. The van der Waals surface area contributed by atoms with E-state index in [1.165, 1.54) is 0 Å². The van der Waals surface area contributed by atoms with Gasteiger partial charge < -0.3 is 29.0 Å². The van der Waals surface area contributed by atoms with E-state index in [9.17, 15) is 14.7 Å². The molecule has 0 saturated carbocycles. The van der Waals surface area contributed by atoms with Crippen molar-refractivity contribution in [3.05, 3.63) is 95.6 Å². The number of aliphatic hydroxyl groups is 1. The normalized spacial score (nSPS) is 11.2. The van der Waals surface area contributed by atoms with Crippen LogP contribution in [-0.2, 0) is 19.9 Å². The Morgan fingerprint density at radius 2 is 1.22 bits per heavy atom. The molecule has 0 aromatic heterocycles. The molecule has 0 aliphatic carbocycles. The third-order valence-electron chi connectivity index (χ3n) is 7.25. The summed E-state index contributed by atoms with van der Waals surface area (Å²) >= 11 is 0. The summed E-state index contributed by atoms with van der Waals surface area (Å²) in [7, 11) is 3.27. The molecule has 0 unspecified atom stereocenters. The molecular weight excluding hydrogens is 518 g/mol. The van der Waals surface area contributed by atoms with Gasteiger partial charge >= 0.3 is 0 Å². The Kier molecular flexibility index (Phi) is 12.9. The SMILES string of the molecule is COc1ccc(C(OCCN(CCO)C(=O)CCCCCCC(C)=O)(c2ccccc2)c2ccc(OC)cc2)cc1. The summed E-state index contributed by atoms with van der Waals surface area (Å²) in [5, 5.41) is 9.68. The van der Waals surface area contributed by atoms with Crippen LogP contribution in [0.4, 0.5) is 0 Å². The van der Waals surface area contributed by atoms with E-state index in [4.69, 9.17) is 14.2 Å². The Bertz CT molecular complexity index is 1150. The highest BCUT2D eigenvalue weighted by Crippen LogP contribution is 2.41. The summed E-state index contributed by atoms with van der Waals surface area (Å²) in [6.45, 7) is 2.32. The van der Waals surface area contributed by atoms with Crippen molar-refractivity contribution < 1.29 is 28.9 Å². The van der Waals surface area contributed by atoms with Crippen molar-refractivity contribution in [3.63, 3.8) is 0 Å². The van der Waals surface area contributed by atoms with Crippen molar-refractivity contribution in [1.29, 1.82) is 0 Å². The highest BCUT2D eigenvalue weighted by atomic mass is 16.5. The van der Waals surface area contributed by atoms with Crippen LogP contribution >= 0.6 is 0 Å². The molecule has 1 N–H and O–H groups in total. The minimum atomic E-state index is -0.968. The number of carbonyl (C=O) groups is 2. The van der Waals surface area contributed by atoms with E-state index >= 15 is 0 Å². The molecule has 0 saturated heterocycles. The number of methoxy groups -OCH3 is 2. The molecule has 41 heavy (non-hydrogen) atoms. The Labute approximate surface area is 244 Å². The lowest BCUT2D eigenvalue weighted by Crippen LogP contribution is -2.39. The molecule has 0 bridgehead atoms. The maximum Gasteiger partial charge on any atom is 0.222 e. The number of carbonyl (C=O) groups excluding carboxylic acids is 2. The van der Waals surface area contributed by atoms with E-state index in [0.717, 1.165) is 53.9 Å². The lowest BCUT2D eigenvalue weighted by molar-refractivity contribution is -0.133. The number of Topliss-reactive ketones (excluding diaryl/α,β-unsaturated/α-hetero) is 1. The van der Waals surface area contributed by atoms with E-state index in [2.05, 4.69) is 0 Å². The van der Waals surface area contributed by atoms with E-state index in [1.54, 1.807) is 26.0 Å². The summed E-state index contributed by atoms with van der Waals surface area (Å²) < 4.78 is 17.7. The summed E-state index contributed by atoms with van der Waals surface area (Å²) in [6.07, 6.45) is 4.43. The van der Waals surface area contributed by atoms with Gasteiger partial charge in [-0.1, -0.05) is 67.4 Å². The van der Waals surface area contributed by atoms with E-state index in [0.29, 0.717) is 19.4 Å². The topological polar surface area (TPSA) is 85.3 Å². The zero-order chi connectivity index (χ0) is 29.5. The number of hydrogen-bond donors (Lipinski definition) is 1. The second-order valence-electron chi connectivity index (χ2n) is 10.1. The number of ether oxygens (including phenoxy) is 3. The molecule has 220 valence electrons. The fraction of sp³-hybridized carbons (Fsp3) is 0.412. The third kappa shape index (κ3) is 8.90. The van der Waals surface area contributed by atoms with Gasteiger partial charge in [0.05, 0.1) is 27.4 Å². The van der Waals surface area contributed by atoms with Crippen molar-refractivity contribution in [2.45, 2.75) is 51.0 Å². The number of aliphatic hydroxyl groups excluding tert-OH is 1. The van der Waals surface area contributed by atoms with Crippen molar-refractivity contribution >= 4 is 11.7 Å². The van der Waals surface area contributed by atoms with Crippen LogP contribution in [0.25, 0.3) is 0 Å². The average Bonchev–Trinajstić information content (AvgIpc) is 3.01. The second-order valence-corrected chi connectivity index (χ2v) is 10.1. The average molecular weight is 562 g/mol. The Hall–Kier alpha value is -3.68. The van der Waals surface area contributed by atoms with Crippen LogP contribution in [0.5, 0.6) is 11.5 Å². The maximum atomic E-state index is 13.1. The molecule has 0 heterocycles. The third-order valence-corrected chi connectivity index (χ3v) is 7.25. The molecule has 7 nitrogen and oxygen atoms in total. The molecule has 0 spiro atoms. The molecule has 3 aromatic rings. The van der Waals surface area contributed by atoms with E-state index < -0.39 is 5.60 Å². The molecule has 0 fully saturated rings. The van der Waals surface area contributed by atoms with Gasteiger partial charge in [0.25, 0.3) is 0 Å². The van der Waals surface area contributed by atoms with Crippen molar-refractivity contribution in [3.8, 4) is 11.5 Å². The first-order chi connectivity index (χ1) is 19.9. The zero-order valence-electron chi connectivity index (χ0n) is 24.5. The van der Waals surface area contributed by atoms with Crippen LogP contribution < -0.4 is 9.47 Å². The predicted molar refractivity (Wildman–Crippen MR) is 160 cm³/mol. The fourth-order valence-corrected chi connectivity index (χ4v) is 5.03. The van der Waals surface area contributed by atoms with Crippen LogP contribution in [-0.4, -0.2) is 62.2 Å². The largest absolute Gasteiger partial charge is 0.497 e. The fourth-order valence-electron chi connectivity index (χ4n) is 5.03. The maximum absolute atomic E-state index is 13.1. The van der Waals surface area contributed by atoms with Crippen LogP contribution in [0.3, 0.4) is 0 Å². The summed E-state index contributed by atoms with van der Waals surface area (Å²) in [6, 6.07) is 25.7. The smallest absolute Gasteiger partial charge is 0.222 e.